The lowest BCUT2D eigenvalue weighted by Crippen LogP contribution is -2.13. The number of primary amides is 1. The molecule has 1 aromatic rings. The van der Waals surface area contributed by atoms with Gasteiger partial charge in [0.25, 0.3) is 0 Å². The van der Waals surface area contributed by atoms with Crippen LogP contribution >= 0.6 is 0 Å². The lowest BCUT2D eigenvalue weighted by molar-refractivity contribution is -0.114. The molecule has 0 aliphatic heterocycles. The van der Waals surface area contributed by atoms with Gasteiger partial charge in [-0.1, -0.05) is 19.4 Å². The Balaban J connectivity index is 2.95. The van der Waals surface area contributed by atoms with Crippen LogP contribution in [-0.2, 0) is 4.79 Å². The van der Waals surface area contributed by atoms with Crippen LogP contribution in [0.25, 0.3) is 6.08 Å². The molecular formula is C13H17NO3. The number of amides is 1. The highest BCUT2D eigenvalue weighted by Gasteiger charge is 2.05. The van der Waals surface area contributed by atoms with E-state index < -0.39 is 5.91 Å². The highest BCUT2D eigenvalue weighted by molar-refractivity contribution is 5.96. The predicted octanol–water partition coefficient (Wildman–Crippen LogP) is 2.16. The molecule has 1 aromatic carbocycles. The molecule has 0 unspecified atom stereocenters. The van der Waals surface area contributed by atoms with E-state index in [4.69, 9.17) is 10.8 Å². The number of nitrogens with two attached hydrogens (primary N) is 1. The van der Waals surface area contributed by atoms with E-state index in [1.54, 1.807) is 12.1 Å². The molecule has 0 bridgehead atoms. The average molecular weight is 235 g/mol. The fourth-order valence-electron chi connectivity index (χ4n) is 1.47. The van der Waals surface area contributed by atoms with Crippen LogP contribution in [0.4, 0.5) is 0 Å². The Morgan fingerprint density at radius 2 is 2.06 bits per heavy atom. The highest BCUT2D eigenvalue weighted by atomic mass is 16.3. The summed E-state index contributed by atoms with van der Waals surface area (Å²) in [5.41, 5.74) is 6.44. The molecule has 0 saturated heterocycles. The summed E-state index contributed by atoms with van der Waals surface area (Å²) in [6, 6.07) is 4.38. The number of phenolic OH excluding ortho intramolecular Hbond substituents is 2. The van der Waals surface area contributed by atoms with Crippen molar-refractivity contribution in [1.82, 2.24) is 0 Å². The fraction of sp³-hybridized carbons (Fsp3) is 0.308. The number of carbonyl (C=O) groups excluding carboxylic acids is 1. The summed E-state index contributed by atoms with van der Waals surface area (Å²) in [5.74, 6) is -0.847. The minimum Gasteiger partial charge on any atom is -0.504 e. The number of hydrogen-bond donors (Lipinski definition) is 3. The van der Waals surface area contributed by atoms with Crippen LogP contribution in [0.15, 0.2) is 23.8 Å². The van der Waals surface area contributed by atoms with Crippen molar-refractivity contribution >= 4 is 12.0 Å². The Morgan fingerprint density at radius 1 is 1.35 bits per heavy atom. The maximum absolute atomic E-state index is 11.2. The van der Waals surface area contributed by atoms with Gasteiger partial charge in [-0.05, 0) is 36.6 Å². The molecule has 4 N–H and O–H groups in total. The molecule has 1 rings (SSSR count). The molecule has 17 heavy (non-hydrogen) atoms. The topological polar surface area (TPSA) is 83.6 Å². The monoisotopic (exact) mass is 235 g/mol. The Labute approximate surface area is 100 Å². The smallest absolute Gasteiger partial charge is 0.244 e. The number of unbranched alkanes of at least 4 members (excludes halogenated alkanes) is 1. The minimum absolute atomic E-state index is 0.184. The van der Waals surface area contributed by atoms with Gasteiger partial charge < -0.3 is 15.9 Å². The quantitative estimate of drug-likeness (QED) is 0.540. The van der Waals surface area contributed by atoms with Crippen molar-refractivity contribution in [3.05, 3.63) is 29.3 Å². The standard InChI is InChI=1S/C13H17NO3/c1-2-3-4-10(13(14)17)7-9-5-6-11(15)12(16)8-9/h5-8,15-16H,2-4H2,1H3,(H2,14,17)/b10-7+. The minimum atomic E-state index is -0.453. The zero-order valence-electron chi connectivity index (χ0n) is 9.81. The lowest BCUT2D eigenvalue weighted by Gasteiger charge is -2.03. The van der Waals surface area contributed by atoms with Crippen LogP contribution in [0.2, 0.25) is 0 Å². The van der Waals surface area contributed by atoms with Crippen LogP contribution < -0.4 is 5.73 Å². The third-order valence-corrected chi connectivity index (χ3v) is 2.46. The van der Waals surface area contributed by atoms with Crippen LogP contribution in [0, 0.1) is 0 Å². The summed E-state index contributed by atoms with van der Waals surface area (Å²) in [7, 11) is 0. The number of carbonyl (C=O) groups is 1. The molecule has 0 radical (unpaired) electrons. The number of aromatic hydroxyl groups is 2. The Morgan fingerprint density at radius 3 is 2.59 bits per heavy atom. The zero-order valence-corrected chi connectivity index (χ0v) is 9.81. The maximum atomic E-state index is 11.2. The Hall–Kier alpha value is -1.97. The molecule has 92 valence electrons. The molecule has 0 atom stereocenters. The van der Waals surface area contributed by atoms with Crippen molar-refractivity contribution in [2.45, 2.75) is 26.2 Å². The van der Waals surface area contributed by atoms with Gasteiger partial charge >= 0.3 is 0 Å². The molecule has 4 heteroatoms. The van der Waals surface area contributed by atoms with Gasteiger partial charge in [-0.25, -0.2) is 0 Å². The summed E-state index contributed by atoms with van der Waals surface area (Å²) < 4.78 is 0. The first-order valence-corrected chi connectivity index (χ1v) is 5.57. The molecule has 4 nitrogen and oxygen atoms in total. The van der Waals surface area contributed by atoms with Crippen molar-refractivity contribution < 1.29 is 15.0 Å². The van der Waals surface area contributed by atoms with Gasteiger partial charge in [0.15, 0.2) is 11.5 Å². The first-order valence-electron chi connectivity index (χ1n) is 5.57. The first kappa shape index (κ1) is 13.1. The summed E-state index contributed by atoms with van der Waals surface area (Å²) >= 11 is 0. The maximum Gasteiger partial charge on any atom is 0.244 e. The SMILES string of the molecule is CCCC/C(=C\c1ccc(O)c(O)c1)C(N)=O. The molecule has 0 aromatic heterocycles. The van der Waals surface area contributed by atoms with Crippen molar-refractivity contribution in [3.8, 4) is 11.5 Å². The van der Waals surface area contributed by atoms with Gasteiger partial charge in [-0.2, -0.15) is 0 Å². The zero-order chi connectivity index (χ0) is 12.8. The summed E-state index contributed by atoms with van der Waals surface area (Å²) in [6.45, 7) is 2.03. The van der Waals surface area contributed by atoms with E-state index >= 15 is 0 Å². The molecule has 0 aliphatic carbocycles. The third-order valence-electron chi connectivity index (χ3n) is 2.46. The van der Waals surface area contributed by atoms with Crippen molar-refractivity contribution in [3.63, 3.8) is 0 Å². The van der Waals surface area contributed by atoms with Crippen LogP contribution in [0.3, 0.4) is 0 Å². The second kappa shape index (κ2) is 5.94. The molecule has 1 amide bonds. The third kappa shape index (κ3) is 3.83. The van der Waals surface area contributed by atoms with Crippen molar-refractivity contribution in [1.29, 1.82) is 0 Å². The second-order valence-corrected chi connectivity index (χ2v) is 3.89. The van der Waals surface area contributed by atoms with Gasteiger partial charge in [-0.3, -0.25) is 4.79 Å². The molecule has 0 saturated carbocycles. The van der Waals surface area contributed by atoms with E-state index in [1.807, 2.05) is 6.92 Å². The lowest BCUT2D eigenvalue weighted by atomic mass is 10.0. The van der Waals surface area contributed by atoms with Gasteiger partial charge in [0.1, 0.15) is 0 Å². The molecule has 0 fully saturated rings. The van der Waals surface area contributed by atoms with Gasteiger partial charge in [0.2, 0.25) is 5.91 Å². The number of rotatable bonds is 5. The number of hydrogen-bond acceptors (Lipinski definition) is 3. The van der Waals surface area contributed by atoms with E-state index in [1.165, 1.54) is 12.1 Å². The van der Waals surface area contributed by atoms with Crippen molar-refractivity contribution in [2.75, 3.05) is 0 Å². The molecule has 0 heterocycles. The summed E-state index contributed by atoms with van der Waals surface area (Å²) in [5, 5.41) is 18.5. The van der Waals surface area contributed by atoms with E-state index in [9.17, 15) is 9.90 Å². The largest absolute Gasteiger partial charge is 0.504 e. The van der Waals surface area contributed by atoms with Crippen LogP contribution in [0.1, 0.15) is 31.7 Å². The summed E-state index contributed by atoms with van der Waals surface area (Å²) in [4.78, 5) is 11.2. The number of phenols is 2. The normalized spacial score (nSPS) is 11.5. The predicted molar refractivity (Wildman–Crippen MR) is 66.5 cm³/mol. The molecular weight excluding hydrogens is 218 g/mol. The fourth-order valence-corrected chi connectivity index (χ4v) is 1.47. The van der Waals surface area contributed by atoms with Crippen LogP contribution in [0.5, 0.6) is 11.5 Å². The summed E-state index contributed by atoms with van der Waals surface area (Å²) in [6.07, 6.45) is 4.12. The van der Waals surface area contributed by atoms with E-state index in [2.05, 4.69) is 0 Å². The van der Waals surface area contributed by atoms with Gasteiger partial charge in [-0.15, -0.1) is 0 Å². The Bertz CT molecular complexity index is 438. The number of benzene rings is 1. The van der Waals surface area contributed by atoms with Gasteiger partial charge in [0.05, 0.1) is 0 Å². The van der Waals surface area contributed by atoms with Crippen LogP contribution in [-0.4, -0.2) is 16.1 Å². The van der Waals surface area contributed by atoms with Crippen molar-refractivity contribution in [2.24, 2.45) is 5.73 Å². The van der Waals surface area contributed by atoms with E-state index in [0.717, 1.165) is 12.8 Å². The second-order valence-electron chi connectivity index (χ2n) is 3.89. The van der Waals surface area contributed by atoms with Gasteiger partial charge in [0, 0.05) is 5.57 Å². The Kier molecular flexibility index (Phi) is 4.57. The highest BCUT2D eigenvalue weighted by Crippen LogP contribution is 2.26. The first-order chi connectivity index (χ1) is 8.04. The average Bonchev–Trinajstić information content (AvgIpc) is 2.28. The van der Waals surface area contributed by atoms with E-state index in [0.29, 0.717) is 17.6 Å². The molecule has 0 aliphatic rings. The molecule has 0 spiro atoms. The van der Waals surface area contributed by atoms with E-state index in [-0.39, 0.29) is 11.5 Å².